The van der Waals surface area contributed by atoms with E-state index in [9.17, 15) is 34.5 Å². The number of hydrogen-bond donors (Lipinski definition) is 10. The summed E-state index contributed by atoms with van der Waals surface area (Å²) >= 11 is 0. The third-order valence-electron chi connectivity index (χ3n) is 5.97. The van der Waals surface area contributed by atoms with Crippen molar-refractivity contribution in [3.8, 4) is 5.75 Å². The third kappa shape index (κ3) is 12.7. The monoisotopic (exact) mass is 566 g/mol. The summed E-state index contributed by atoms with van der Waals surface area (Å²) in [5.41, 5.74) is 22.4. The summed E-state index contributed by atoms with van der Waals surface area (Å²) in [6.07, 6.45) is 0.279. The minimum absolute atomic E-state index is 0.00219. The molecule has 0 radical (unpaired) electrons. The van der Waals surface area contributed by atoms with Crippen molar-refractivity contribution in [2.45, 2.75) is 75.7 Å². The molecule has 14 N–H and O–H groups in total. The van der Waals surface area contributed by atoms with Crippen LogP contribution in [0.3, 0.4) is 0 Å². The number of nitrogens with one attached hydrogen (secondary N) is 3. The van der Waals surface area contributed by atoms with Gasteiger partial charge in [-0.3, -0.25) is 19.4 Å². The molecule has 0 aliphatic carbocycles. The number of nitrogens with two attached hydrogens (primary N) is 4. The Bertz CT molecular complexity index is 999. The van der Waals surface area contributed by atoms with E-state index in [2.05, 4.69) is 20.9 Å². The van der Waals surface area contributed by atoms with Gasteiger partial charge in [0.1, 0.15) is 29.9 Å². The number of aliphatic imine (C=N–C) groups is 1. The molecule has 1 aromatic rings. The van der Waals surface area contributed by atoms with Gasteiger partial charge in [-0.05, 0) is 63.3 Å². The fourth-order valence-electron chi connectivity index (χ4n) is 3.63. The Morgan fingerprint density at radius 3 is 1.98 bits per heavy atom. The predicted molar refractivity (Wildman–Crippen MR) is 148 cm³/mol. The van der Waals surface area contributed by atoms with Crippen LogP contribution in [0.15, 0.2) is 29.3 Å². The Hall–Kier alpha value is -3.95. The standard InChI is InChI=1S/C25H42N8O7/c1-14(34)20(27)23(38)31-17(6-4-12-30-25(28)29)21(36)33-19(13-15-7-9-16(35)10-8-15)22(37)32-18(24(39)40)5-2-3-11-26/h7-10,14,17-20,34-35H,2-6,11-13,26-27H2,1H3,(H,31,38)(H,32,37)(H,33,36)(H,39,40)(H4,28,29,30). The maximum Gasteiger partial charge on any atom is 0.326 e. The summed E-state index contributed by atoms with van der Waals surface area (Å²) in [6, 6.07) is 0.970. The van der Waals surface area contributed by atoms with E-state index in [1.54, 1.807) is 12.1 Å². The number of aliphatic hydroxyl groups is 1. The number of phenols is 1. The van der Waals surface area contributed by atoms with E-state index in [1.807, 2.05) is 0 Å². The maximum atomic E-state index is 13.3. The van der Waals surface area contributed by atoms with Crippen molar-refractivity contribution >= 4 is 29.7 Å². The quantitative estimate of drug-likeness (QED) is 0.0498. The number of benzene rings is 1. The molecule has 224 valence electrons. The van der Waals surface area contributed by atoms with Crippen LogP contribution in [0.4, 0.5) is 0 Å². The van der Waals surface area contributed by atoms with Gasteiger partial charge in [0.2, 0.25) is 17.7 Å². The molecule has 0 saturated carbocycles. The molecule has 0 aromatic heterocycles. The molecule has 15 heteroatoms. The van der Waals surface area contributed by atoms with Crippen LogP contribution >= 0.6 is 0 Å². The molecule has 0 bridgehead atoms. The van der Waals surface area contributed by atoms with E-state index in [0.29, 0.717) is 24.9 Å². The van der Waals surface area contributed by atoms with Crippen molar-refractivity contribution in [2.75, 3.05) is 13.1 Å². The number of hydrogen-bond acceptors (Lipinski definition) is 9. The lowest BCUT2D eigenvalue weighted by Gasteiger charge is -2.26. The molecule has 0 fully saturated rings. The zero-order chi connectivity index (χ0) is 30.2. The van der Waals surface area contributed by atoms with Gasteiger partial charge in [0.15, 0.2) is 5.96 Å². The van der Waals surface area contributed by atoms with E-state index >= 15 is 0 Å². The molecule has 0 spiro atoms. The second-order valence-corrected chi connectivity index (χ2v) is 9.39. The van der Waals surface area contributed by atoms with Gasteiger partial charge in [-0.15, -0.1) is 0 Å². The lowest BCUT2D eigenvalue weighted by Crippen LogP contribution is -2.58. The first-order valence-corrected chi connectivity index (χ1v) is 13.0. The molecule has 0 aliphatic rings. The number of carboxylic acids is 1. The number of nitrogens with zero attached hydrogens (tertiary/aromatic N) is 1. The zero-order valence-electron chi connectivity index (χ0n) is 22.6. The van der Waals surface area contributed by atoms with Crippen molar-refractivity contribution < 1.29 is 34.5 Å². The molecule has 5 atom stereocenters. The summed E-state index contributed by atoms with van der Waals surface area (Å²) in [5, 5.41) is 36.4. The SMILES string of the molecule is CC(O)C(N)C(=O)NC(CCCN=C(N)N)C(=O)NC(Cc1ccc(O)cc1)C(=O)NC(CCCCN)C(=O)O. The molecule has 40 heavy (non-hydrogen) atoms. The number of carbonyl (C=O) groups is 4. The predicted octanol–water partition coefficient (Wildman–Crippen LogP) is -2.64. The summed E-state index contributed by atoms with van der Waals surface area (Å²) in [7, 11) is 0. The Balaban J connectivity index is 3.18. The fraction of sp³-hybridized carbons (Fsp3) is 0.560. The maximum absolute atomic E-state index is 13.3. The Kier molecular flexibility index (Phi) is 15.0. The second-order valence-electron chi connectivity index (χ2n) is 9.39. The molecule has 3 amide bonds. The smallest absolute Gasteiger partial charge is 0.326 e. The van der Waals surface area contributed by atoms with Crippen LogP contribution in [0.2, 0.25) is 0 Å². The number of amides is 3. The highest BCUT2D eigenvalue weighted by Gasteiger charge is 2.31. The van der Waals surface area contributed by atoms with E-state index in [0.717, 1.165) is 0 Å². The van der Waals surface area contributed by atoms with Gasteiger partial charge in [0, 0.05) is 13.0 Å². The summed E-state index contributed by atoms with van der Waals surface area (Å²) in [4.78, 5) is 54.6. The van der Waals surface area contributed by atoms with Gasteiger partial charge >= 0.3 is 5.97 Å². The second kappa shape index (κ2) is 17.6. The molecule has 0 heterocycles. The van der Waals surface area contributed by atoms with Crippen LogP contribution in [0.25, 0.3) is 0 Å². The molecule has 1 aromatic carbocycles. The first-order chi connectivity index (χ1) is 18.8. The Morgan fingerprint density at radius 1 is 0.875 bits per heavy atom. The molecule has 5 unspecified atom stereocenters. The number of carboxylic acid groups (broad SMARTS) is 1. The van der Waals surface area contributed by atoms with Crippen molar-refractivity contribution in [1.29, 1.82) is 0 Å². The van der Waals surface area contributed by atoms with Gasteiger partial charge in [-0.25, -0.2) is 4.79 Å². The van der Waals surface area contributed by atoms with Gasteiger partial charge in [-0.2, -0.15) is 0 Å². The van der Waals surface area contributed by atoms with Crippen LogP contribution in [-0.4, -0.2) is 88.3 Å². The first kappa shape index (κ1) is 34.1. The highest BCUT2D eigenvalue weighted by atomic mass is 16.4. The zero-order valence-corrected chi connectivity index (χ0v) is 22.6. The highest BCUT2D eigenvalue weighted by molar-refractivity contribution is 5.94. The average molecular weight is 567 g/mol. The highest BCUT2D eigenvalue weighted by Crippen LogP contribution is 2.13. The molecule has 1 rings (SSSR count). The van der Waals surface area contributed by atoms with E-state index in [1.165, 1.54) is 19.1 Å². The largest absolute Gasteiger partial charge is 0.508 e. The van der Waals surface area contributed by atoms with Crippen LogP contribution in [0.5, 0.6) is 5.75 Å². The van der Waals surface area contributed by atoms with Gasteiger partial charge in [0.25, 0.3) is 0 Å². The van der Waals surface area contributed by atoms with Crippen molar-refractivity contribution in [1.82, 2.24) is 16.0 Å². The first-order valence-electron chi connectivity index (χ1n) is 13.0. The number of unbranched alkanes of at least 4 members (excludes halogenated alkanes) is 1. The minimum Gasteiger partial charge on any atom is -0.508 e. The lowest BCUT2D eigenvalue weighted by atomic mass is 10.0. The van der Waals surface area contributed by atoms with Gasteiger partial charge in [0.05, 0.1) is 6.10 Å². The summed E-state index contributed by atoms with van der Waals surface area (Å²) in [5.74, 6) is -3.68. The molecular formula is C25H42N8O7. The van der Waals surface area contributed by atoms with Crippen LogP contribution in [-0.2, 0) is 25.6 Å². The fourth-order valence-corrected chi connectivity index (χ4v) is 3.63. The van der Waals surface area contributed by atoms with E-state index in [4.69, 9.17) is 22.9 Å². The molecular weight excluding hydrogens is 524 g/mol. The van der Waals surface area contributed by atoms with Crippen molar-refractivity contribution in [3.05, 3.63) is 29.8 Å². The van der Waals surface area contributed by atoms with Crippen molar-refractivity contribution in [3.63, 3.8) is 0 Å². The van der Waals surface area contributed by atoms with Crippen LogP contribution in [0, 0.1) is 0 Å². The Morgan fingerprint density at radius 2 is 1.43 bits per heavy atom. The number of guanidine groups is 1. The number of aliphatic hydroxyl groups excluding tert-OH is 1. The number of aromatic hydroxyl groups is 1. The minimum atomic E-state index is -1.31. The number of rotatable bonds is 18. The Labute approximate surface area is 232 Å². The lowest BCUT2D eigenvalue weighted by molar-refractivity contribution is -0.142. The average Bonchev–Trinajstić information content (AvgIpc) is 2.89. The normalized spacial score (nSPS) is 14.6. The topological polar surface area (TPSA) is 282 Å². The van der Waals surface area contributed by atoms with E-state index in [-0.39, 0.29) is 43.9 Å². The molecule has 0 saturated heterocycles. The summed E-state index contributed by atoms with van der Waals surface area (Å²) in [6.45, 7) is 1.85. The van der Waals surface area contributed by atoms with Gasteiger partial charge in [-0.1, -0.05) is 12.1 Å². The number of aliphatic carboxylic acids is 1. The summed E-state index contributed by atoms with van der Waals surface area (Å²) < 4.78 is 0. The number of phenolic OH excluding ortho intramolecular Hbond substituents is 1. The number of carbonyl (C=O) groups excluding carboxylic acids is 3. The van der Waals surface area contributed by atoms with Crippen LogP contribution < -0.4 is 38.9 Å². The molecule has 15 nitrogen and oxygen atoms in total. The third-order valence-corrected chi connectivity index (χ3v) is 5.97. The molecule has 0 aliphatic heterocycles. The van der Waals surface area contributed by atoms with E-state index < -0.39 is 54.0 Å². The van der Waals surface area contributed by atoms with Crippen molar-refractivity contribution in [2.24, 2.45) is 27.9 Å². The van der Waals surface area contributed by atoms with Crippen LogP contribution in [0.1, 0.15) is 44.6 Å². The van der Waals surface area contributed by atoms with Gasteiger partial charge < -0.3 is 54.2 Å².